The van der Waals surface area contributed by atoms with E-state index < -0.39 is 15.7 Å². The number of sulfone groups is 1. The number of aryl methyl sites for hydroxylation is 1. The molecule has 0 aliphatic rings. The first-order chi connectivity index (χ1) is 6.45. The van der Waals surface area contributed by atoms with Crippen LogP contribution in [0.5, 0.6) is 0 Å². The zero-order chi connectivity index (χ0) is 10.8. The molecule has 0 aliphatic heterocycles. The van der Waals surface area contributed by atoms with E-state index in [2.05, 4.69) is 0 Å². The average Bonchev–Trinajstić information content (AvgIpc) is 2.07. The molecule has 0 spiro atoms. The molecule has 0 radical (unpaired) electrons. The number of rotatable bonds is 3. The summed E-state index contributed by atoms with van der Waals surface area (Å²) in [5.74, 6) is -0.509. The Bertz CT molecular complexity index is 424. The highest BCUT2D eigenvalue weighted by Crippen LogP contribution is 2.18. The van der Waals surface area contributed by atoms with Crippen LogP contribution >= 0.6 is 0 Å². The van der Waals surface area contributed by atoms with E-state index in [9.17, 15) is 12.8 Å². The summed E-state index contributed by atoms with van der Waals surface area (Å²) >= 11 is 0. The Hall–Kier alpha value is -0.900. The van der Waals surface area contributed by atoms with Crippen LogP contribution in [0.3, 0.4) is 0 Å². The lowest BCUT2D eigenvalue weighted by Gasteiger charge is -2.06. The zero-order valence-electron chi connectivity index (χ0n) is 8.25. The maximum Gasteiger partial charge on any atom is 0.175 e. The second-order valence-corrected chi connectivity index (χ2v) is 5.26. The van der Waals surface area contributed by atoms with Crippen LogP contribution in [-0.2, 0) is 16.3 Å². The highest BCUT2D eigenvalue weighted by Gasteiger charge is 2.13. The number of hydrogen-bond donors (Lipinski definition) is 0. The van der Waals surface area contributed by atoms with Gasteiger partial charge in [-0.1, -0.05) is 19.4 Å². The fraction of sp³-hybridized carbons (Fsp3) is 0.400. The predicted octanol–water partition coefficient (Wildman–Crippen LogP) is 2.18. The highest BCUT2D eigenvalue weighted by molar-refractivity contribution is 7.90. The molecule has 1 rings (SSSR count). The first kappa shape index (κ1) is 11.2. The van der Waals surface area contributed by atoms with Crippen molar-refractivity contribution in [1.82, 2.24) is 0 Å². The van der Waals surface area contributed by atoms with Gasteiger partial charge in [0, 0.05) is 6.26 Å². The van der Waals surface area contributed by atoms with E-state index in [1.807, 2.05) is 6.92 Å². The molecule has 0 bridgehead atoms. The monoisotopic (exact) mass is 216 g/mol. The molecule has 78 valence electrons. The summed E-state index contributed by atoms with van der Waals surface area (Å²) in [6, 6.07) is 3.91. The molecule has 0 unspecified atom stereocenters. The molecule has 0 heterocycles. The third-order valence-electron chi connectivity index (χ3n) is 1.95. The third kappa shape index (κ3) is 2.54. The van der Waals surface area contributed by atoms with E-state index in [4.69, 9.17) is 0 Å². The van der Waals surface area contributed by atoms with Crippen molar-refractivity contribution in [2.75, 3.05) is 6.26 Å². The standard InChI is InChI=1S/C10H13FO2S/c1-3-4-8-5-6-9(11)7-10(8)14(2,12)13/h5-7H,3-4H2,1-2H3. The van der Waals surface area contributed by atoms with Crippen molar-refractivity contribution >= 4 is 9.84 Å². The molecule has 0 saturated carbocycles. The summed E-state index contributed by atoms with van der Waals surface area (Å²) in [7, 11) is -3.32. The van der Waals surface area contributed by atoms with Gasteiger partial charge >= 0.3 is 0 Å². The number of benzene rings is 1. The minimum atomic E-state index is -3.32. The number of halogens is 1. The molecule has 14 heavy (non-hydrogen) atoms. The third-order valence-corrected chi connectivity index (χ3v) is 3.13. The SMILES string of the molecule is CCCc1ccc(F)cc1S(C)(=O)=O. The largest absolute Gasteiger partial charge is 0.224 e. The van der Waals surface area contributed by atoms with Gasteiger partial charge in [0.25, 0.3) is 0 Å². The summed E-state index contributed by atoms with van der Waals surface area (Å²) in [4.78, 5) is 0.111. The summed E-state index contributed by atoms with van der Waals surface area (Å²) in [5, 5.41) is 0. The second-order valence-electron chi connectivity index (χ2n) is 3.27. The van der Waals surface area contributed by atoms with Crippen LogP contribution in [0, 0.1) is 5.82 Å². The van der Waals surface area contributed by atoms with Gasteiger partial charge in [-0.25, -0.2) is 12.8 Å². The quantitative estimate of drug-likeness (QED) is 0.776. The smallest absolute Gasteiger partial charge is 0.175 e. The zero-order valence-corrected chi connectivity index (χ0v) is 9.07. The normalized spacial score (nSPS) is 11.6. The molecule has 0 amide bonds. The van der Waals surface area contributed by atoms with Crippen LogP contribution in [0.15, 0.2) is 23.1 Å². The van der Waals surface area contributed by atoms with E-state index in [0.717, 1.165) is 18.7 Å². The van der Waals surface area contributed by atoms with Crippen LogP contribution in [0.2, 0.25) is 0 Å². The summed E-state index contributed by atoms with van der Waals surface area (Å²) in [5.41, 5.74) is 0.691. The van der Waals surface area contributed by atoms with E-state index in [-0.39, 0.29) is 4.90 Å². The first-order valence-corrected chi connectivity index (χ1v) is 6.32. The molecule has 0 saturated heterocycles. The van der Waals surface area contributed by atoms with Crippen molar-refractivity contribution < 1.29 is 12.8 Å². The van der Waals surface area contributed by atoms with Crippen LogP contribution < -0.4 is 0 Å². The molecule has 2 nitrogen and oxygen atoms in total. The minimum absolute atomic E-state index is 0.111. The molecular formula is C10H13FO2S. The minimum Gasteiger partial charge on any atom is -0.224 e. The lowest BCUT2D eigenvalue weighted by atomic mass is 10.1. The maximum absolute atomic E-state index is 12.9. The Morgan fingerprint density at radius 3 is 2.50 bits per heavy atom. The Morgan fingerprint density at radius 1 is 1.36 bits per heavy atom. The van der Waals surface area contributed by atoms with Gasteiger partial charge in [0.1, 0.15) is 5.82 Å². The predicted molar refractivity (Wildman–Crippen MR) is 53.5 cm³/mol. The van der Waals surface area contributed by atoms with Crippen LogP contribution in [0.4, 0.5) is 4.39 Å². The molecule has 0 N–H and O–H groups in total. The molecule has 0 aromatic heterocycles. The lowest BCUT2D eigenvalue weighted by Crippen LogP contribution is -2.03. The average molecular weight is 216 g/mol. The molecular weight excluding hydrogens is 203 g/mol. The maximum atomic E-state index is 12.9. The highest BCUT2D eigenvalue weighted by atomic mass is 32.2. The van der Waals surface area contributed by atoms with Crippen molar-refractivity contribution in [2.24, 2.45) is 0 Å². The van der Waals surface area contributed by atoms with Gasteiger partial charge < -0.3 is 0 Å². The Kier molecular flexibility index (Phi) is 3.26. The van der Waals surface area contributed by atoms with Gasteiger partial charge in [-0.3, -0.25) is 0 Å². The van der Waals surface area contributed by atoms with E-state index in [1.165, 1.54) is 12.1 Å². The van der Waals surface area contributed by atoms with Gasteiger partial charge in [0.15, 0.2) is 9.84 Å². The molecule has 0 fully saturated rings. The molecule has 1 aromatic carbocycles. The summed E-state index contributed by atoms with van der Waals surface area (Å²) in [6.07, 6.45) is 2.60. The van der Waals surface area contributed by atoms with E-state index in [1.54, 1.807) is 0 Å². The van der Waals surface area contributed by atoms with E-state index in [0.29, 0.717) is 12.0 Å². The number of hydrogen-bond acceptors (Lipinski definition) is 2. The lowest BCUT2D eigenvalue weighted by molar-refractivity contribution is 0.593. The van der Waals surface area contributed by atoms with Gasteiger partial charge in [-0.2, -0.15) is 0 Å². The van der Waals surface area contributed by atoms with Crippen molar-refractivity contribution in [3.05, 3.63) is 29.6 Å². The summed E-state index contributed by atoms with van der Waals surface area (Å²) < 4.78 is 35.5. The fourth-order valence-corrected chi connectivity index (χ4v) is 2.32. The van der Waals surface area contributed by atoms with E-state index >= 15 is 0 Å². The molecule has 0 atom stereocenters. The van der Waals surface area contributed by atoms with Gasteiger partial charge in [-0.15, -0.1) is 0 Å². The van der Waals surface area contributed by atoms with Crippen LogP contribution in [0.25, 0.3) is 0 Å². The van der Waals surface area contributed by atoms with Crippen molar-refractivity contribution in [1.29, 1.82) is 0 Å². The van der Waals surface area contributed by atoms with Crippen LogP contribution in [0.1, 0.15) is 18.9 Å². The Morgan fingerprint density at radius 2 is 2.00 bits per heavy atom. The molecule has 0 aliphatic carbocycles. The van der Waals surface area contributed by atoms with Gasteiger partial charge in [0.2, 0.25) is 0 Å². The fourth-order valence-electron chi connectivity index (χ4n) is 1.35. The molecule has 1 aromatic rings. The first-order valence-electron chi connectivity index (χ1n) is 4.43. The van der Waals surface area contributed by atoms with Crippen molar-refractivity contribution in [3.8, 4) is 0 Å². The Balaban J connectivity index is 3.30. The van der Waals surface area contributed by atoms with Gasteiger partial charge in [0.05, 0.1) is 4.90 Å². The second kappa shape index (κ2) is 4.09. The van der Waals surface area contributed by atoms with Crippen molar-refractivity contribution in [2.45, 2.75) is 24.7 Å². The topological polar surface area (TPSA) is 34.1 Å². The summed E-state index contributed by atoms with van der Waals surface area (Å²) in [6.45, 7) is 1.95. The van der Waals surface area contributed by atoms with Gasteiger partial charge in [-0.05, 0) is 24.1 Å². The Labute approximate surface area is 83.7 Å². The van der Waals surface area contributed by atoms with Crippen LogP contribution in [-0.4, -0.2) is 14.7 Å². The van der Waals surface area contributed by atoms with Crippen molar-refractivity contribution in [3.63, 3.8) is 0 Å². The molecule has 4 heteroatoms.